The monoisotopic (exact) mass is 352 g/mol. The molecule has 1 fully saturated rings. The van der Waals surface area contributed by atoms with E-state index < -0.39 is 11.9 Å². The molecule has 1 aromatic heterocycles. The number of amides is 1. The lowest BCUT2D eigenvalue weighted by Crippen LogP contribution is -2.28. The topological polar surface area (TPSA) is 79.7 Å². The SMILES string of the molecule is O=C(O)C1CCN(C(=O)/C=C/c2ccc(OCc3cccnc3)cc2)C1. The van der Waals surface area contributed by atoms with Gasteiger partial charge in [-0.1, -0.05) is 18.2 Å². The van der Waals surface area contributed by atoms with E-state index >= 15 is 0 Å². The van der Waals surface area contributed by atoms with Crippen molar-refractivity contribution in [1.29, 1.82) is 0 Å². The van der Waals surface area contributed by atoms with E-state index in [2.05, 4.69) is 4.98 Å². The van der Waals surface area contributed by atoms with Gasteiger partial charge in [0.15, 0.2) is 0 Å². The number of carboxylic acid groups (broad SMARTS) is 1. The molecule has 0 aliphatic carbocycles. The Labute approximate surface area is 151 Å². The number of ether oxygens (including phenoxy) is 1. The van der Waals surface area contributed by atoms with Crippen molar-refractivity contribution < 1.29 is 19.4 Å². The number of pyridine rings is 1. The summed E-state index contributed by atoms with van der Waals surface area (Å²) in [5, 5.41) is 8.99. The largest absolute Gasteiger partial charge is 0.489 e. The predicted octanol–water partition coefficient (Wildman–Crippen LogP) is 2.61. The lowest BCUT2D eigenvalue weighted by molar-refractivity contribution is -0.141. The number of benzene rings is 1. The van der Waals surface area contributed by atoms with Gasteiger partial charge in [0.05, 0.1) is 5.92 Å². The maximum absolute atomic E-state index is 12.1. The average Bonchev–Trinajstić information content (AvgIpc) is 3.17. The predicted molar refractivity (Wildman–Crippen MR) is 96.4 cm³/mol. The van der Waals surface area contributed by atoms with Crippen LogP contribution in [0.2, 0.25) is 0 Å². The molecule has 1 unspecified atom stereocenters. The van der Waals surface area contributed by atoms with Crippen molar-refractivity contribution in [1.82, 2.24) is 9.88 Å². The number of aliphatic carboxylic acids is 1. The van der Waals surface area contributed by atoms with E-state index in [0.717, 1.165) is 16.9 Å². The van der Waals surface area contributed by atoms with Crippen LogP contribution in [0.25, 0.3) is 6.08 Å². The third-order valence-corrected chi connectivity index (χ3v) is 4.28. The first-order valence-electron chi connectivity index (χ1n) is 8.43. The van der Waals surface area contributed by atoms with Crippen LogP contribution in [0.5, 0.6) is 5.75 Å². The molecule has 1 amide bonds. The number of carbonyl (C=O) groups is 2. The lowest BCUT2D eigenvalue weighted by Gasteiger charge is -2.12. The highest BCUT2D eigenvalue weighted by Crippen LogP contribution is 2.18. The molecule has 0 radical (unpaired) electrons. The van der Waals surface area contributed by atoms with E-state index in [1.807, 2.05) is 36.4 Å². The van der Waals surface area contributed by atoms with E-state index in [9.17, 15) is 9.59 Å². The molecule has 1 aliphatic heterocycles. The van der Waals surface area contributed by atoms with Crippen molar-refractivity contribution in [2.45, 2.75) is 13.0 Å². The van der Waals surface area contributed by atoms with E-state index in [-0.39, 0.29) is 12.5 Å². The summed E-state index contributed by atoms with van der Waals surface area (Å²) >= 11 is 0. The first-order chi connectivity index (χ1) is 12.6. The minimum Gasteiger partial charge on any atom is -0.489 e. The number of hydrogen-bond acceptors (Lipinski definition) is 4. The number of aromatic nitrogens is 1. The molecule has 1 aromatic carbocycles. The normalized spacial score (nSPS) is 16.8. The fourth-order valence-corrected chi connectivity index (χ4v) is 2.76. The van der Waals surface area contributed by atoms with Crippen LogP contribution in [0.3, 0.4) is 0 Å². The van der Waals surface area contributed by atoms with E-state index in [1.54, 1.807) is 23.4 Å². The molecule has 0 saturated carbocycles. The molecule has 3 rings (SSSR count). The van der Waals surface area contributed by atoms with Gasteiger partial charge in [-0.05, 0) is 36.3 Å². The Morgan fingerprint density at radius 1 is 1.27 bits per heavy atom. The van der Waals surface area contributed by atoms with E-state index in [4.69, 9.17) is 9.84 Å². The summed E-state index contributed by atoms with van der Waals surface area (Å²) in [7, 11) is 0. The number of hydrogen-bond donors (Lipinski definition) is 1. The Morgan fingerprint density at radius 2 is 2.08 bits per heavy atom. The first kappa shape index (κ1) is 17.7. The summed E-state index contributed by atoms with van der Waals surface area (Å²) in [6, 6.07) is 11.2. The zero-order chi connectivity index (χ0) is 18.4. The number of rotatable bonds is 6. The third kappa shape index (κ3) is 4.69. The van der Waals surface area contributed by atoms with Crippen molar-refractivity contribution in [3.8, 4) is 5.75 Å². The molecular weight excluding hydrogens is 332 g/mol. The zero-order valence-electron chi connectivity index (χ0n) is 14.2. The zero-order valence-corrected chi connectivity index (χ0v) is 14.2. The summed E-state index contributed by atoms with van der Waals surface area (Å²) in [6.07, 6.45) is 7.20. The van der Waals surface area contributed by atoms with Crippen LogP contribution >= 0.6 is 0 Å². The molecule has 0 bridgehead atoms. The highest BCUT2D eigenvalue weighted by molar-refractivity contribution is 5.92. The van der Waals surface area contributed by atoms with Crippen LogP contribution in [-0.2, 0) is 16.2 Å². The van der Waals surface area contributed by atoms with Crippen molar-refractivity contribution in [3.63, 3.8) is 0 Å². The lowest BCUT2D eigenvalue weighted by atomic mass is 10.1. The molecule has 2 aromatic rings. The second-order valence-corrected chi connectivity index (χ2v) is 6.16. The Bertz CT molecular complexity index is 787. The average molecular weight is 352 g/mol. The second-order valence-electron chi connectivity index (χ2n) is 6.16. The standard InChI is InChI=1S/C20H20N2O4/c23-19(22-11-9-17(13-22)20(24)25)8-5-15-3-6-18(7-4-15)26-14-16-2-1-10-21-12-16/h1-8,10,12,17H,9,11,13-14H2,(H,24,25)/b8-5+. The molecule has 1 aliphatic rings. The number of carboxylic acids is 1. The summed E-state index contributed by atoms with van der Waals surface area (Å²) in [5.74, 6) is -0.721. The smallest absolute Gasteiger partial charge is 0.308 e. The molecule has 0 spiro atoms. The van der Waals surface area contributed by atoms with Crippen LogP contribution in [0.15, 0.2) is 54.9 Å². The maximum Gasteiger partial charge on any atom is 0.308 e. The minimum atomic E-state index is -0.842. The summed E-state index contributed by atoms with van der Waals surface area (Å²) in [5.41, 5.74) is 1.87. The first-order valence-corrected chi connectivity index (χ1v) is 8.43. The molecule has 1 saturated heterocycles. The Hall–Kier alpha value is -3.15. The van der Waals surface area contributed by atoms with Crippen LogP contribution in [0, 0.1) is 5.92 Å². The van der Waals surface area contributed by atoms with Gasteiger partial charge < -0.3 is 14.7 Å². The van der Waals surface area contributed by atoms with Gasteiger partial charge in [0.25, 0.3) is 0 Å². The summed E-state index contributed by atoms with van der Waals surface area (Å²) in [4.78, 5) is 28.7. The Morgan fingerprint density at radius 3 is 2.73 bits per heavy atom. The van der Waals surface area contributed by atoms with Gasteiger partial charge in [0.2, 0.25) is 5.91 Å². The molecule has 1 atom stereocenters. The number of carbonyl (C=O) groups excluding carboxylic acids is 1. The van der Waals surface area contributed by atoms with Crippen molar-refractivity contribution in [2.75, 3.05) is 13.1 Å². The number of nitrogens with zero attached hydrogens (tertiary/aromatic N) is 2. The fourth-order valence-electron chi connectivity index (χ4n) is 2.76. The highest BCUT2D eigenvalue weighted by Gasteiger charge is 2.29. The third-order valence-electron chi connectivity index (χ3n) is 4.28. The molecule has 134 valence electrons. The van der Waals surface area contributed by atoms with Gasteiger partial charge in [-0.25, -0.2) is 0 Å². The molecule has 26 heavy (non-hydrogen) atoms. The van der Waals surface area contributed by atoms with Gasteiger partial charge in [-0.3, -0.25) is 14.6 Å². The van der Waals surface area contributed by atoms with Crippen LogP contribution in [0.4, 0.5) is 0 Å². The van der Waals surface area contributed by atoms with Crippen LogP contribution in [-0.4, -0.2) is 40.0 Å². The van der Waals surface area contributed by atoms with E-state index in [0.29, 0.717) is 19.6 Å². The minimum absolute atomic E-state index is 0.161. The van der Waals surface area contributed by atoms with Gasteiger partial charge in [-0.15, -0.1) is 0 Å². The molecular formula is C20H20N2O4. The van der Waals surface area contributed by atoms with Gasteiger partial charge in [0.1, 0.15) is 12.4 Å². The highest BCUT2D eigenvalue weighted by atomic mass is 16.5. The molecule has 2 heterocycles. The van der Waals surface area contributed by atoms with Gasteiger partial charge >= 0.3 is 5.97 Å². The maximum atomic E-state index is 12.1. The molecule has 6 heteroatoms. The number of likely N-dealkylation sites (tertiary alicyclic amines) is 1. The summed E-state index contributed by atoms with van der Waals surface area (Å²) < 4.78 is 5.69. The van der Waals surface area contributed by atoms with E-state index in [1.165, 1.54) is 6.08 Å². The van der Waals surface area contributed by atoms with Crippen molar-refractivity contribution in [2.24, 2.45) is 5.92 Å². The Balaban J connectivity index is 1.51. The summed E-state index contributed by atoms with van der Waals surface area (Å²) in [6.45, 7) is 1.21. The van der Waals surface area contributed by atoms with Crippen molar-refractivity contribution in [3.05, 3.63) is 66.0 Å². The molecule has 6 nitrogen and oxygen atoms in total. The van der Waals surface area contributed by atoms with Gasteiger partial charge in [0, 0.05) is 37.1 Å². The van der Waals surface area contributed by atoms with Crippen molar-refractivity contribution >= 4 is 18.0 Å². The van der Waals surface area contributed by atoms with Gasteiger partial charge in [-0.2, -0.15) is 0 Å². The Kier molecular flexibility index (Phi) is 5.63. The quantitative estimate of drug-likeness (QED) is 0.809. The second kappa shape index (κ2) is 8.29. The van der Waals surface area contributed by atoms with Crippen LogP contribution < -0.4 is 4.74 Å². The molecule has 1 N–H and O–H groups in total. The fraction of sp³-hybridized carbons (Fsp3) is 0.250. The van der Waals surface area contributed by atoms with Crippen LogP contribution in [0.1, 0.15) is 17.5 Å².